The highest BCUT2D eigenvalue weighted by atomic mass is 16.3. The number of hydrogen-bond donors (Lipinski definition) is 1. The minimum atomic E-state index is -0.477. The third-order valence-electron chi connectivity index (χ3n) is 2.01. The monoisotopic (exact) mass is 153 g/mol. The summed E-state index contributed by atoms with van der Waals surface area (Å²) in [4.78, 5) is 2.18. The summed E-state index contributed by atoms with van der Waals surface area (Å²) in [6.45, 7) is 6.26. The predicted octanol–water partition coefficient (Wildman–Crippen LogP) is 0.466. The smallest absolute Gasteiger partial charge is 0.0758 e. The summed E-state index contributed by atoms with van der Waals surface area (Å²) >= 11 is 0. The van der Waals surface area contributed by atoms with Crippen LogP contribution in [0.1, 0.15) is 20.3 Å². The first kappa shape index (κ1) is 8.58. The minimum absolute atomic E-state index is 0.477. The van der Waals surface area contributed by atoms with Gasteiger partial charge in [0.25, 0.3) is 0 Å². The molecular formula is C9H15NO. The normalized spacial score (nSPS) is 31.5. The van der Waals surface area contributed by atoms with E-state index in [2.05, 4.69) is 16.7 Å². The fourth-order valence-corrected chi connectivity index (χ4v) is 1.36. The van der Waals surface area contributed by atoms with Crippen molar-refractivity contribution in [1.82, 2.24) is 4.90 Å². The van der Waals surface area contributed by atoms with E-state index in [1.54, 1.807) is 0 Å². The number of β-amino-alcohol motifs (C(OH)–C–C–N with tert-alkyl or cyclic N) is 1. The molecule has 0 saturated carbocycles. The third-order valence-corrected chi connectivity index (χ3v) is 2.01. The fourth-order valence-electron chi connectivity index (χ4n) is 1.36. The topological polar surface area (TPSA) is 23.5 Å². The van der Waals surface area contributed by atoms with E-state index >= 15 is 0 Å². The van der Waals surface area contributed by atoms with E-state index in [9.17, 15) is 5.11 Å². The van der Waals surface area contributed by atoms with Crippen LogP contribution in [-0.4, -0.2) is 35.2 Å². The van der Waals surface area contributed by atoms with Crippen LogP contribution in [0.2, 0.25) is 0 Å². The lowest BCUT2D eigenvalue weighted by atomic mass is 10.1. The molecule has 62 valence electrons. The third kappa shape index (κ3) is 2.53. The molecule has 0 aromatic carbocycles. The Morgan fingerprint density at radius 2 is 2.36 bits per heavy atom. The fraction of sp³-hybridized carbons (Fsp3) is 0.778. The zero-order valence-corrected chi connectivity index (χ0v) is 7.22. The SMILES string of the molecule is CC#CCN1CCC(C)(O)C1. The maximum absolute atomic E-state index is 9.57. The van der Waals surface area contributed by atoms with Gasteiger partial charge in [0.15, 0.2) is 0 Å². The second-order valence-corrected chi connectivity index (χ2v) is 3.38. The quantitative estimate of drug-likeness (QED) is 0.553. The van der Waals surface area contributed by atoms with Crippen molar-refractivity contribution in [2.24, 2.45) is 0 Å². The minimum Gasteiger partial charge on any atom is -0.389 e. The average Bonchev–Trinajstić information content (AvgIpc) is 2.26. The largest absolute Gasteiger partial charge is 0.389 e. The van der Waals surface area contributed by atoms with E-state index < -0.39 is 5.60 Å². The van der Waals surface area contributed by atoms with Crippen molar-refractivity contribution in [3.05, 3.63) is 0 Å². The van der Waals surface area contributed by atoms with Crippen LogP contribution in [-0.2, 0) is 0 Å². The van der Waals surface area contributed by atoms with Crippen LogP contribution < -0.4 is 0 Å². The van der Waals surface area contributed by atoms with E-state index in [1.807, 2.05) is 13.8 Å². The molecule has 2 heteroatoms. The Kier molecular flexibility index (Phi) is 2.53. The van der Waals surface area contributed by atoms with E-state index in [4.69, 9.17) is 0 Å². The van der Waals surface area contributed by atoms with Crippen molar-refractivity contribution in [1.29, 1.82) is 0 Å². The molecule has 0 aromatic heterocycles. The summed E-state index contributed by atoms with van der Waals surface area (Å²) in [5.41, 5.74) is -0.477. The summed E-state index contributed by atoms with van der Waals surface area (Å²) in [5.74, 6) is 5.84. The number of hydrogen-bond acceptors (Lipinski definition) is 2. The zero-order valence-electron chi connectivity index (χ0n) is 7.22. The van der Waals surface area contributed by atoms with Crippen molar-refractivity contribution in [2.45, 2.75) is 25.9 Å². The molecule has 0 radical (unpaired) electrons. The Morgan fingerprint density at radius 3 is 2.82 bits per heavy atom. The maximum Gasteiger partial charge on any atom is 0.0758 e. The molecular weight excluding hydrogens is 138 g/mol. The summed E-state index contributed by atoms with van der Waals surface area (Å²) in [6, 6.07) is 0. The van der Waals surface area contributed by atoms with Gasteiger partial charge in [0.2, 0.25) is 0 Å². The Hall–Kier alpha value is -0.520. The molecule has 0 amide bonds. The molecule has 2 nitrogen and oxygen atoms in total. The summed E-state index contributed by atoms with van der Waals surface area (Å²) < 4.78 is 0. The van der Waals surface area contributed by atoms with Gasteiger partial charge in [0.05, 0.1) is 12.1 Å². The highest BCUT2D eigenvalue weighted by Gasteiger charge is 2.30. The van der Waals surface area contributed by atoms with Crippen molar-refractivity contribution in [3.8, 4) is 11.8 Å². The number of likely N-dealkylation sites (tertiary alicyclic amines) is 1. The van der Waals surface area contributed by atoms with Gasteiger partial charge in [-0.2, -0.15) is 0 Å². The second-order valence-electron chi connectivity index (χ2n) is 3.38. The van der Waals surface area contributed by atoms with E-state index in [0.717, 1.165) is 26.1 Å². The molecule has 1 N–H and O–H groups in total. The van der Waals surface area contributed by atoms with Crippen molar-refractivity contribution in [3.63, 3.8) is 0 Å². The van der Waals surface area contributed by atoms with Crippen LogP contribution in [0.3, 0.4) is 0 Å². The molecule has 1 aliphatic rings. The molecule has 1 atom stereocenters. The highest BCUT2D eigenvalue weighted by molar-refractivity contribution is 5.00. The highest BCUT2D eigenvalue weighted by Crippen LogP contribution is 2.19. The van der Waals surface area contributed by atoms with Gasteiger partial charge >= 0.3 is 0 Å². The van der Waals surface area contributed by atoms with Crippen molar-refractivity contribution < 1.29 is 5.11 Å². The molecule has 1 fully saturated rings. The lowest BCUT2D eigenvalue weighted by Gasteiger charge is -2.16. The lowest BCUT2D eigenvalue weighted by molar-refractivity contribution is 0.0705. The molecule has 0 aromatic rings. The average molecular weight is 153 g/mol. The van der Waals surface area contributed by atoms with Crippen LogP contribution in [0.4, 0.5) is 0 Å². The van der Waals surface area contributed by atoms with Gasteiger partial charge < -0.3 is 5.11 Å². The molecule has 1 saturated heterocycles. The van der Waals surface area contributed by atoms with Crippen LogP contribution in [0.5, 0.6) is 0 Å². The first-order valence-corrected chi connectivity index (χ1v) is 3.98. The van der Waals surface area contributed by atoms with E-state index in [-0.39, 0.29) is 0 Å². The molecule has 0 spiro atoms. The Labute approximate surface area is 68.2 Å². The number of rotatable bonds is 1. The summed E-state index contributed by atoms with van der Waals surface area (Å²) in [6.07, 6.45) is 0.873. The molecule has 1 rings (SSSR count). The first-order chi connectivity index (χ1) is 5.14. The van der Waals surface area contributed by atoms with Gasteiger partial charge in [-0.25, -0.2) is 0 Å². The zero-order chi connectivity index (χ0) is 8.32. The van der Waals surface area contributed by atoms with Gasteiger partial charge in [-0.1, -0.05) is 5.92 Å². The molecule has 1 unspecified atom stereocenters. The van der Waals surface area contributed by atoms with Gasteiger partial charge in [-0.3, -0.25) is 4.90 Å². The predicted molar refractivity (Wildman–Crippen MR) is 45.1 cm³/mol. The lowest BCUT2D eigenvalue weighted by Crippen LogP contribution is -2.29. The van der Waals surface area contributed by atoms with Gasteiger partial charge in [0.1, 0.15) is 0 Å². The maximum atomic E-state index is 9.57. The standard InChI is InChI=1S/C9H15NO/c1-3-4-6-10-7-5-9(2,11)8-10/h11H,5-8H2,1-2H3. The second kappa shape index (κ2) is 3.25. The summed E-state index contributed by atoms with van der Waals surface area (Å²) in [7, 11) is 0. The van der Waals surface area contributed by atoms with Crippen LogP contribution in [0.25, 0.3) is 0 Å². The molecule has 1 aliphatic heterocycles. The van der Waals surface area contributed by atoms with Crippen LogP contribution in [0, 0.1) is 11.8 Å². The van der Waals surface area contributed by atoms with E-state index in [1.165, 1.54) is 0 Å². The Morgan fingerprint density at radius 1 is 1.64 bits per heavy atom. The van der Waals surface area contributed by atoms with Gasteiger partial charge in [-0.05, 0) is 20.3 Å². The van der Waals surface area contributed by atoms with Crippen LogP contribution >= 0.6 is 0 Å². The summed E-state index contributed by atoms with van der Waals surface area (Å²) in [5, 5.41) is 9.57. The first-order valence-electron chi connectivity index (χ1n) is 3.98. The molecule has 11 heavy (non-hydrogen) atoms. The number of aliphatic hydroxyl groups is 1. The number of nitrogens with zero attached hydrogens (tertiary/aromatic N) is 1. The Balaban J connectivity index is 2.34. The van der Waals surface area contributed by atoms with Crippen molar-refractivity contribution in [2.75, 3.05) is 19.6 Å². The van der Waals surface area contributed by atoms with Gasteiger partial charge in [-0.15, -0.1) is 5.92 Å². The Bertz CT molecular complexity index is 187. The van der Waals surface area contributed by atoms with Crippen molar-refractivity contribution >= 4 is 0 Å². The molecule has 0 aliphatic carbocycles. The van der Waals surface area contributed by atoms with Crippen LogP contribution in [0.15, 0.2) is 0 Å². The molecule has 1 heterocycles. The van der Waals surface area contributed by atoms with E-state index in [0.29, 0.717) is 0 Å². The van der Waals surface area contributed by atoms with Gasteiger partial charge in [0, 0.05) is 13.1 Å². The molecule has 0 bridgehead atoms.